The Morgan fingerprint density at radius 1 is 1.16 bits per heavy atom. The van der Waals surface area contributed by atoms with Gasteiger partial charge in [-0.3, -0.25) is 0 Å². The summed E-state index contributed by atoms with van der Waals surface area (Å²) in [5, 5.41) is 19.8. The van der Waals surface area contributed by atoms with Gasteiger partial charge in [0.15, 0.2) is 0 Å². The van der Waals surface area contributed by atoms with E-state index in [0.717, 1.165) is 37.0 Å². The Morgan fingerprint density at radius 2 is 1.84 bits per heavy atom. The van der Waals surface area contributed by atoms with Gasteiger partial charge in [-0.15, -0.1) is 0 Å². The lowest BCUT2D eigenvalue weighted by Gasteiger charge is -2.22. The van der Waals surface area contributed by atoms with Gasteiger partial charge in [-0.25, -0.2) is 0 Å². The summed E-state index contributed by atoms with van der Waals surface area (Å²) >= 11 is 0. The van der Waals surface area contributed by atoms with Crippen molar-refractivity contribution in [2.24, 2.45) is 0 Å². The van der Waals surface area contributed by atoms with Crippen molar-refractivity contribution < 1.29 is 14.9 Å². The molecular weight excluding hydrogens is 240 g/mol. The highest BCUT2D eigenvalue weighted by molar-refractivity contribution is 5.28. The maximum atomic E-state index is 10.0. The first-order chi connectivity index (χ1) is 9.20. The minimum atomic E-state index is -0.405. The highest BCUT2D eigenvalue weighted by Gasteiger charge is 2.23. The smallest absolute Gasteiger partial charge is 0.124 e. The first-order valence-corrected chi connectivity index (χ1v) is 7.33. The lowest BCUT2D eigenvalue weighted by Crippen LogP contribution is -2.30. The number of aliphatic hydroxyl groups excluding tert-OH is 2. The maximum Gasteiger partial charge on any atom is 0.124 e. The van der Waals surface area contributed by atoms with Gasteiger partial charge in [0, 0.05) is 0 Å². The number of hydrogen-bond acceptors (Lipinski definition) is 3. The molecule has 0 aromatic heterocycles. The molecule has 1 aromatic carbocycles. The molecule has 3 atom stereocenters. The minimum Gasteiger partial charge on any atom is -0.488 e. The van der Waals surface area contributed by atoms with E-state index in [1.807, 2.05) is 31.2 Å². The summed E-state index contributed by atoms with van der Waals surface area (Å²) in [5.41, 5.74) is 0.913. The van der Waals surface area contributed by atoms with E-state index in [0.29, 0.717) is 6.42 Å². The summed E-state index contributed by atoms with van der Waals surface area (Å²) in [6.07, 6.45) is 4.99. The van der Waals surface area contributed by atoms with Crippen LogP contribution in [-0.2, 0) is 0 Å². The van der Waals surface area contributed by atoms with Crippen molar-refractivity contribution in [2.75, 3.05) is 0 Å². The van der Waals surface area contributed by atoms with Crippen LogP contribution < -0.4 is 4.74 Å². The Bertz CT molecular complexity index is 374. The molecule has 106 valence electrons. The number of rotatable bonds is 4. The van der Waals surface area contributed by atoms with Crippen LogP contribution in [-0.4, -0.2) is 22.4 Å². The Kier molecular flexibility index (Phi) is 5.23. The van der Waals surface area contributed by atoms with Gasteiger partial charge in [-0.1, -0.05) is 31.9 Å². The van der Waals surface area contributed by atoms with E-state index in [1.165, 1.54) is 6.42 Å². The molecule has 0 bridgehead atoms. The van der Waals surface area contributed by atoms with Crippen LogP contribution in [0.4, 0.5) is 0 Å². The van der Waals surface area contributed by atoms with E-state index in [-0.39, 0.29) is 12.2 Å². The third-order valence-electron chi connectivity index (χ3n) is 3.86. The average Bonchev–Trinajstić information content (AvgIpc) is 2.64. The molecule has 2 rings (SSSR count). The highest BCUT2D eigenvalue weighted by atomic mass is 16.5. The average molecular weight is 264 g/mol. The van der Waals surface area contributed by atoms with Gasteiger partial charge in [-0.05, 0) is 43.4 Å². The molecule has 0 spiro atoms. The van der Waals surface area contributed by atoms with Gasteiger partial charge < -0.3 is 14.9 Å². The van der Waals surface area contributed by atoms with Gasteiger partial charge in [0.2, 0.25) is 0 Å². The van der Waals surface area contributed by atoms with Crippen LogP contribution in [0.1, 0.15) is 57.1 Å². The summed E-state index contributed by atoms with van der Waals surface area (Å²) in [5.74, 6) is 0.776. The molecule has 1 saturated carbocycles. The van der Waals surface area contributed by atoms with Gasteiger partial charge >= 0.3 is 0 Å². The second-order valence-corrected chi connectivity index (χ2v) is 5.35. The molecule has 1 fully saturated rings. The van der Waals surface area contributed by atoms with E-state index >= 15 is 0 Å². The standard InChI is InChI=1S/C16H24O3/c1-2-14(17)12-8-10-13(11-9-12)19-16-7-5-3-4-6-15(16)18/h8-11,14-18H,2-7H2,1H3/t14-,15?,16?/m1/s1. The van der Waals surface area contributed by atoms with E-state index < -0.39 is 6.10 Å². The summed E-state index contributed by atoms with van der Waals surface area (Å²) < 4.78 is 5.88. The van der Waals surface area contributed by atoms with Gasteiger partial charge in [-0.2, -0.15) is 0 Å². The molecule has 3 nitrogen and oxygen atoms in total. The van der Waals surface area contributed by atoms with Crippen LogP contribution in [0, 0.1) is 0 Å². The molecule has 3 heteroatoms. The Morgan fingerprint density at radius 3 is 2.53 bits per heavy atom. The fraction of sp³-hybridized carbons (Fsp3) is 0.625. The Hall–Kier alpha value is -1.06. The van der Waals surface area contributed by atoms with Crippen LogP contribution in [0.15, 0.2) is 24.3 Å². The van der Waals surface area contributed by atoms with Crippen molar-refractivity contribution >= 4 is 0 Å². The third-order valence-corrected chi connectivity index (χ3v) is 3.86. The largest absolute Gasteiger partial charge is 0.488 e. The fourth-order valence-corrected chi connectivity index (χ4v) is 2.57. The summed E-state index contributed by atoms with van der Waals surface area (Å²) in [6.45, 7) is 1.96. The topological polar surface area (TPSA) is 49.7 Å². The van der Waals surface area contributed by atoms with Crippen molar-refractivity contribution in [3.05, 3.63) is 29.8 Å². The van der Waals surface area contributed by atoms with E-state index in [4.69, 9.17) is 4.74 Å². The van der Waals surface area contributed by atoms with Crippen molar-refractivity contribution in [1.82, 2.24) is 0 Å². The van der Waals surface area contributed by atoms with Crippen LogP contribution in [0.5, 0.6) is 5.75 Å². The lowest BCUT2D eigenvalue weighted by molar-refractivity contribution is 0.0319. The summed E-state index contributed by atoms with van der Waals surface area (Å²) in [4.78, 5) is 0. The number of hydrogen-bond donors (Lipinski definition) is 2. The van der Waals surface area contributed by atoms with Crippen molar-refractivity contribution in [2.45, 2.75) is 63.8 Å². The second-order valence-electron chi connectivity index (χ2n) is 5.35. The first kappa shape index (κ1) is 14.4. The molecule has 0 radical (unpaired) electrons. The molecular formula is C16H24O3. The molecule has 2 unspecified atom stereocenters. The quantitative estimate of drug-likeness (QED) is 0.821. The zero-order valence-corrected chi connectivity index (χ0v) is 11.6. The van der Waals surface area contributed by atoms with Crippen LogP contribution in [0.2, 0.25) is 0 Å². The van der Waals surface area contributed by atoms with E-state index in [9.17, 15) is 10.2 Å². The molecule has 1 aliphatic carbocycles. The number of benzene rings is 1. The number of ether oxygens (including phenoxy) is 1. The van der Waals surface area contributed by atoms with E-state index in [2.05, 4.69) is 0 Å². The Balaban J connectivity index is 1.98. The summed E-state index contributed by atoms with van der Waals surface area (Å²) in [6, 6.07) is 7.55. The van der Waals surface area contributed by atoms with Crippen molar-refractivity contribution in [3.8, 4) is 5.75 Å². The highest BCUT2D eigenvalue weighted by Crippen LogP contribution is 2.25. The zero-order chi connectivity index (χ0) is 13.7. The van der Waals surface area contributed by atoms with Crippen molar-refractivity contribution in [3.63, 3.8) is 0 Å². The third kappa shape index (κ3) is 3.95. The van der Waals surface area contributed by atoms with Crippen LogP contribution in [0.3, 0.4) is 0 Å². The molecule has 0 heterocycles. The van der Waals surface area contributed by atoms with Crippen LogP contribution >= 0.6 is 0 Å². The SMILES string of the molecule is CC[C@@H](O)c1ccc(OC2CCCCCC2O)cc1. The van der Waals surface area contributed by atoms with Gasteiger partial charge in [0.1, 0.15) is 11.9 Å². The van der Waals surface area contributed by atoms with Gasteiger partial charge in [0.25, 0.3) is 0 Å². The second kappa shape index (κ2) is 6.92. The monoisotopic (exact) mass is 264 g/mol. The fourth-order valence-electron chi connectivity index (χ4n) is 2.57. The molecule has 1 aromatic rings. The van der Waals surface area contributed by atoms with Gasteiger partial charge in [0.05, 0.1) is 12.2 Å². The first-order valence-electron chi connectivity index (χ1n) is 7.33. The predicted octanol–water partition coefficient (Wildman–Crippen LogP) is 3.20. The molecule has 1 aliphatic rings. The molecule has 19 heavy (non-hydrogen) atoms. The molecule has 2 N–H and O–H groups in total. The summed E-state index contributed by atoms with van der Waals surface area (Å²) in [7, 11) is 0. The number of aliphatic hydroxyl groups is 2. The Labute approximate surface area is 115 Å². The minimum absolute atomic E-state index is 0.0931. The van der Waals surface area contributed by atoms with Crippen LogP contribution in [0.25, 0.3) is 0 Å². The molecule has 0 amide bonds. The molecule has 0 aliphatic heterocycles. The van der Waals surface area contributed by atoms with E-state index in [1.54, 1.807) is 0 Å². The normalized spacial score (nSPS) is 25.6. The predicted molar refractivity (Wildman–Crippen MR) is 75.2 cm³/mol. The lowest BCUT2D eigenvalue weighted by atomic mass is 10.1. The maximum absolute atomic E-state index is 10.0. The van der Waals surface area contributed by atoms with Crippen molar-refractivity contribution in [1.29, 1.82) is 0 Å². The molecule has 0 saturated heterocycles. The zero-order valence-electron chi connectivity index (χ0n) is 11.6.